The fraction of sp³-hybridized carbons (Fsp3) is 0.538. The van der Waals surface area contributed by atoms with Crippen LogP contribution in [0.5, 0.6) is 5.75 Å². The minimum absolute atomic E-state index is 0.278. The summed E-state index contributed by atoms with van der Waals surface area (Å²) in [7, 11) is 3.51. The third kappa shape index (κ3) is 1.70. The summed E-state index contributed by atoms with van der Waals surface area (Å²) in [5.41, 5.74) is 1.79. The Morgan fingerprint density at radius 2 is 2.28 bits per heavy atom. The summed E-state index contributed by atoms with van der Waals surface area (Å²) in [5, 5.41) is 3.30. The zero-order valence-corrected chi connectivity index (χ0v) is 10.6. The number of anilines is 2. The van der Waals surface area contributed by atoms with Gasteiger partial charge in [-0.3, -0.25) is 0 Å². The van der Waals surface area contributed by atoms with Gasteiger partial charge in [0.1, 0.15) is 0 Å². The number of rotatable bonds is 1. The second-order valence-corrected chi connectivity index (χ2v) is 4.86. The smallest absolute Gasteiger partial charge is 0.167 e. The number of hydrogen-bond donors (Lipinski definition) is 1. The predicted octanol–water partition coefficient (Wildman–Crippen LogP) is 1.71. The lowest BCUT2D eigenvalue weighted by atomic mass is 10.0. The van der Waals surface area contributed by atoms with E-state index in [9.17, 15) is 4.39 Å². The average molecular weight is 252 g/mol. The molecule has 1 aromatic carbocycles. The molecule has 0 bridgehead atoms. The lowest BCUT2D eigenvalue weighted by Gasteiger charge is -2.27. The molecule has 5 heteroatoms. The van der Waals surface area contributed by atoms with Crippen molar-refractivity contribution in [1.82, 2.24) is 0 Å². The molecule has 2 aliphatic heterocycles. The summed E-state index contributed by atoms with van der Waals surface area (Å²) >= 11 is 0. The van der Waals surface area contributed by atoms with Gasteiger partial charge in [0.25, 0.3) is 0 Å². The van der Waals surface area contributed by atoms with Crippen LogP contribution in [0, 0.1) is 11.7 Å². The van der Waals surface area contributed by atoms with Gasteiger partial charge in [-0.1, -0.05) is 0 Å². The van der Waals surface area contributed by atoms with Gasteiger partial charge in [-0.05, 0) is 0 Å². The summed E-state index contributed by atoms with van der Waals surface area (Å²) < 4.78 is 24.3. The fourth-order valence-electron chi connectivity index (χ4n) is 2.76. The van der Waals surface area contributed by atoms with Crippen LogP contribution in [0.3, 0.4) is 0 Å². The number of halogens is 1. The van der Waals surface area contributed by atoms with Gasteiger partial charge >= 0.3 is 0 Å². The number of nitrogens with zero attached hydrogens (tertiary/aromatic N) is 1. The van der Waals surface area contributed by atoms with Crippen LogP contribution in [-0.4, -0.2) is 40.0 Å². The van der Waals surface area contributed by atoms with Crippen LogP contribution < -0.4 is 15.0 Å². The molecular formula is C13H17FN2O2. The zero-order chi connectivity index (χ0) is 12.7. The Hall–Kier alpha value is -1.49. The molecule has 18 heavy (non-hydrogen) atoms. The molecule has 1 aromatic rings. The maximum absolute atomic E-state index is 13.7. The van der Waals surface area contributed by atoms with Crippen LogP contribution in [0.2, 0.25) is 0 Å². The monoisotopic (exact) mass is 252 g/mol. The molecule has 1 saturated heterocycles. The quantitative estimate of drug-likeness (QED) is 0.825. The first-order chi connectivity index (χ1) is 8.70. The average Bonchev–Trinajstić information content (AvgIpc) is 2.79. The van der Waals surface area contributed by atoms with Crippen LogP contribution in [0.15, 0.2) is 12.1 Å². The maximum atomic E-state index is 13.7. The summed E-state index contributed by atoms with van der Waals surface area (Å²) in [6, 6.07) is 3.60. The second kappa shape index (κ2) is 4.31. The molecule has 0 radical (unpaired) electrons. The highest BCUT2D eigenvalue weighted by molar-refractivity contribution is 5.73. The molecular weight excluding hydrogens is 235 g/mol. The van der Waals surface area contributed by atoms with Gasteiger partial charge in [-0.2, -0.15) is 0 Å². The Balaban J connectivity index is 2.04. The molecule has 2 aliphatic rings. The summed E-state index contributed by atoms with van der Waals surface area (Å²) in [5.74, 6) is 0.386. The first-order valence-electron chi connectivity index (χ1n) is 6.12. The second-order valence-electron chi connectivity index (χ2n) is 4.86. The number of nitrogens with one attached hydrogen (secondary N) is 1. The Kier molecular flexibility index (Phi) is 2.78. The molecule has 0 saturated carbocycles. The SMILES string of the molecule is COc1cc2c(cc1F)NCC1COCC1N2C. The fourth-order valence-corrected chi connectivity index (χ4v) is 2.76. The Morgan fingerprint density at radius 1 is 1.44 bits per heavy atom. The van der Waals surface area contributed by atoms with E-state index in [2.05, 4.69) is 10.2 Å². The van der Waals surface area contributed by atoms with E-state index in [4.69, 9.17) is 9.47 Å². The van der Waals surface area contributed by atoms with Gasteiger partial charge < -0.3 is 19.7 Å². The molecule has 0 spiro atoms. The third-order valence-electron chi connectivity index (χ3n) is 3.87. The van der Waals surface area contributed by atoms with Crippen molar-refractivity contribution in [1.29, 1.82) is 0 Å². The highest BCUT2D eigenvalue weighted by atomic mass is 19.1. The van der Waals surface area contributed by atoms with Crippen LogP contribution in [0.25, 0.3) is 0 Å². The lowest BCUT2D eigenvalue weighted by Crippen LogP contribution is -2.37. The topological polar surface area (TPSA) is 33.7 Å². The summed E-state index contributed by atoms with van der Waals surface area (Å²) in [6.07, 6.45) is 0. The van der Waals surface area contributed by atoms with Crippen LogP contribution in [0.4, 0.5) is 15.8 Å². The van der Waals surface area contributed by atoms with Crippen LogP contribution >= 0.6 is 0 Å². The summed E-state index contributed by atoms with van der Waals surface area (Å²) in [6.45, 7) is 2.30. The third-order valence-corrected chi connectivity index (χ3v) is 3.87. The number of methoxy groups -OCH3 is 1. The van der Waals surface area contributed by atoms with Gasteiger partial charge in [0.2, 0.25) is 0 Å². The molecule has 0 aromatic heterocycles. The molecule has 1 N–H and O–H groups in total. The minimum Gasteiger partial charge on any atom is -0.494 e. The van der Waals surface area contributed by atoms with E-state index >= 15 is 0 Å². The molecule has 98 valence electrons. The Labute approximate surface area is 106 Å². The van der Waals surface area contributed by atoms with Crippen molar-refractivity contribution < 1.29 is 13.9 Å². The molecule has 2 atom stereocenters. The molecule has 0 aliphatic carbocycles. The Bertz CT molecular complexity index is 467. The van der Waals surface area contributed by atoms with Crippen molar-refractivity contribution in [2.75, 3.05) is 44.1 Å². The number of likely N-dealkylation sites (N-methyl/N-ethyl adjacent to an activating group) is 1. The van der Waals surface area contributed by atoms with Crippen molar-refractivity contribution in [2.45, 2.75) is 6.04 Å². The molecule has 3 rings (SSSR count). The normalized spacial score (nSPS) is 26.1. The van der Waals surface area contributed by atoms with E-state index in [0.717, 1.165) is 31.1 Å². The number of hydrogen-bond acceptors (Lipinski definition) is 4. The number of ether oxygens (including phenoxy) is 2. The molecule has 4 nitrogen and oxygen atoms in total. The lowest BCUT2D eigenvalue weighted by molar-refractivity contribution is 0.185. The number of benzene rings is 1. The van der Waals surface area contributed by atoms with Gasteiger partial charge in [0.05, 0.1) is 37.7 Å². The largest absolute Gasteiger partial charge is 0.494 e. The van der Waals surface area contributed by atoms with E-state index in [1.165, 1.54) is 13.2 Å². The van der Waals surface area contributed by atoms with Crippen molar-refractivity contribution in [3.05, 3.63) is 17.9 Å². The van der Waals surface area contributed by atoms with Crippen LogP contribution in [0.1, 0.15) is 0 Å². The minimum atomic E-state index is -0.333. The van der Waals surface area contributed by atoms with Crippen molar-refractivity contribution in [3.63, 3.8) is 0 Å². The standard InChI is InChI=1S/C13H17FN2O2/c1-16-11-4-13(17-2)9(14)3-10(11)15-5-8-6-18-7-12(8)16/h3-4,8,12,15H,5-7H2,1-2H3. The molecule has 0 amide bonds. The first-order valence-corrected chi connectivity index (χ1v) is 6.12. The van der Waals surface area contributed by atoms with Gasteiger partial charge in [0, 0.05) is 31.6 Å². The van der Waals surface area contributed by atoms with Gasteiger partial charge in [-0.25, -0.2) is 4.39 Å². The van der Waals surface area contributed by atoms with E-state index in [1.807, 2.05) is 7.05 Å². The summed E-state index contributed by atoms with van der Waals surface area (Å²) in [4.78, 5) is 2.16. The van der Waals surface area contributed by atoms with Gasteiger partial charge in [0.15, 0.2) is 11.6 Å². The van der Waals surface area contributed by atoms with Gasteiger partial charge in [-0.15, -0.1) is 0 Å². The molecule has 1 fully saturated rings. The van der Waals surface area contributed by atoms with Crippen LogP contribution in [-0.2, 0) is 4.74 Å². The van der Waals surface area contributed by atoms with E-state index in [0.29, 0.717) is 12.0 Å². The maximum Gasteiger partial charge on any atom is 0.167 e. The van der Waals surface area contributed by atoms with E-state index < -0.39 is 0 Å². The van der Waals surface area contributed by atoms with Crippen molar-refractivity contribution in [3.8, 4) is 5.75 Å². The molecule has 2 unspecified atom stereocenters. The van der Waals surface area contributed by atoms with Crippen molar-refractivity contribution >= 4 is 11.4 Å². The Morgan fingerprint density at radius 3 is 3.06 bits per heavy atom. The number of fused-ring (bicyclic) bond motifs is 2. The highest BCUT2D eigenvalue weighted by Crippen LogP contribution is 2.37. The predicted molar refractivity (Wildman–Crippen MR) is 67.9 cm³/mol. The van der Waals surface area contributed by atoms with E-state index in [-0.39, 0.29) is 11.6 Å². The van der Waals surface area contributed by atoms with E-state index in [1.54, 1.807) is 6.07 Å². The highest BCUT2D eigenvalue weighted by Gasteiger charge is 2.35. The first kappa shape index (κ1) is 11.6. The van der Waals surface area contributed by atoms with Crippen molar-refractivity contribution in [2.24, 2.45) is 5.92 Å². The zero-order valence-electron chi connectivity index (χ0n) is 10.6. The molecule has 2 heterocycles.